The first-order valence-corrected chi connectivity index (χ1v) is 8.06. The van der Waals surface area contributed by atoms with Gasteiger partial charge >= 0.3 is 17.9 Å². The predicted octanol–water partition coefficient (Wildman–Crippen LogP) is 1.90. The van der Waals surface area contributed by atoms with Gasteiger partial charge in [0.25, 0.3) is 0 Å². The largest absolute Gasteiger partial charge is 0.466 e. The Labute approximate surface area is 150 Å². The molecule has 0 aliphatic rings. The maximum atomic E-state index is 12.4. The van der Waals surface area contributed by atoms with Crippen molar-refractivity contribution in [1.82, 2.24) is 4.98 Å². The Morgan fingerprint density at radius 1 is 0.923 bits per heavy atom. The van der Waals surface area contributed by atoms with Gasteiger partial charge < -0.3 is 18.9 Å². The Morgan fingerprint density at radius 3 is 2.27 bits per heavy atom. The smallest absolute Gasteiger partial charge is 0.344 e. The molecule has 1 aromatic heterocycles. The topological polar surface area (TPSA) is 101 Å². The average Bonchev–Trinajstić information content (AvgIpc) is 2.64. The van der Waals surface area contributed by atoms with Gasteiger partial charge in [0.2, 0.25) is 5.88 Å². The molecular formula is C18H19NO7. The quantitative estimate of drug-likeness (QED) is 0.519. The van der Waals surface area contributed by atoms with Crippen LogP contribution in [0.15, 0.2) is 30.3 Å². The third-order valence-electron chi connectivity index (χ3n) is 3.18. The van der Waals surface area contributed by atoms with E-state index in [0.717, 1.165) is 0 Å². The molecule has 0 spiro atoms. The fourth-order valence-corrected chi connectivity index (χ4v) is 2.13. The first-order chi connectivity index (χ1) is 12.5. The van der Waals surface area contributed by atoms with Crippen LogP contribution in [0.25, 0.3) is 10.9 Å². The van der Waals surface area contributed by atoms with E-state index in [1.165, 1.54) is 6.07 Å². The van der Waals surface area contributed by atoms with E-state index >= 15 is 0 Å². The Morgan fingerprint density at radius 2 is 1.58 bits per heavy atom. The lowest BCUT2D eigenvalue weighted by Crippen LogP contribution is -2.17. The van der Waals surface area contributed by atoms with Gasteiger partial charge in [0.05, 0.1) is 24.3 Å². The Hall–Kier alpha value is -3.16. The van der Waals surface area contributed by atoms with E-state index in [4.69, 9.17) is 18.9 Å². The Kier molecular flexibility index (Phi) is 6.90. The number of pyridine rings is 1. The van der Waals surface area contributed by atoms with Gasteiger partial charge in [-0.1, -0.05) is 18.2 Å². The van der Waals surface area contributed by atoms with Crippen LogP contribution in [-0.4, -0.2) is 49.3 Å². The molecule has 0 N–H and O–H groups in total. The van der Waals surface area contributed by atoms with E-state index in [0.29, 0.717) is 10.9 Å². The van der Waals surface area contributed by atoms with Crippen molar-refractivity contribution in [1.29, 1.82) is 0 Å². The fraction of sp³-hybridized carbons (Fsp3) is 0.333. The molecule has 8 heteroatoms. The van der Waals surface area contributed by atoms with Crippen molar-refractivity contribution >= 4 is 28.8 Å². The summed E-state index contributed by atoms with van der Waals surface area (Å²) >= 11 is 0. The zero-order valence-electron chi connectivity index (χ0n) is 14.5. The van der Waals surface area contributed by atoms with E-state index in [9.17, 15) is 14.4 Å². The van der Waals surface area contributed by atoms with E-state index in [-0.39, 0.29) is 31.3 Å². The van der Waals surface area contributed by atoms with Gasteiger partial charge in [-0.25, -0.2) is 19.4 Å². The van der Waals surface area contributed by atoms with Crippen LogP contribution < -0.4 is 4.74 Å². The van der Waals surface area contributed by atoms with E-state index in [1.807, 2.05) is 0 Å². The van der Waals surface area contributed by atoms with Gasteiger partial charge in [0.1, 0.15) is 0 Å². The minimum atomic E-state index is -0.724. The number of esters is 3. The molecule has 1 aromatic carbocycles. The highest BCUT2D eigenvalue weighted by Crippen LogP contribution is 2.23. The number of fused-ring (bicyclic) bond motifs is 1. The van der Waals surface area contributed by atoms with Crippen molar-refractivity contribution in [3.8, 4) is 5.88 Å². The zero-order chi connectivity index (χ0) is 18.9. The summed E-state index contributed by atoms with van der Waals surface area (Å²) in [6.07, 6.45) is 0. The fourth-order valence-electron chi connectivity index (χ4n) is 2.13. The molecule has 2 rings (SSSR count). The minimum absolute atomic E-state index is 0.0693. The molecule has 0 amide bonds. The van der Waals surface area contributed by atoms with Crippen LogP contribution in [0.1, 0.15) is 24.2 Å². The number of para-hydroxylation sites is 1. The van der Waals surface area contributed by atoms with Crippen molar-refractivity contribution in [2.24, 2.45) is 0 Å². The molecule has 0 aliphatic heterocycles. The van der Waals surface area contributed by atoms with Gasteiger partial charge in [-0.2, -0.15) is 0 Å². The molecule has 0 saturated carbocycles. The summed E-state index contributed by atoms with van der Waals surface area (Å²) in [5.41, 5.74) is 0.649. The number of ether oxygens (including phenoxy) is 4. The number of nitrogens with zero attached hydrogens (tertiary/aromatic N) is 1. The second-order valence-corrected chi connectivity index (χ2v) is 5.00. The summed E-state index contributed by atoms with van der Waals surface area (Å²) in [7, 11) is 0. The SMILES string of the molecule is CCOC(=O)COC(=O)c1cc(OCC(=O)OCC)nc2ccccc12. The third-order valence-corrected chi connectivity index (χ3v) is 3.18. The maximum Gasteiger partial charge on any atom is 0.344 e. The van der Waals surface area contributed by atoms with E-state index < -0.39 is 24.5 Å². The average molecular weight is 361 g/mol. The van der Waals surface area contributed by atoms with E-state index in [2.05, 4.69) is 4.98 Å². The van der Waals surface area contributed by atoms with E-state index in [1.54, 1.807) is 38.1 Å². The van der Waals surface area contributed by atoms with Crippen LogP contribution in [0.5, 0.6) is 5.88 Å². The first kappa shape index (κ1) is 19.2. The Balaban J connectivity index is 2.21. The highest BCUT2D eigenvalue weighted by Gasteiger charge is 2.17. The molecular weight excluding hydrogens is 342 g/mol. The number of rotatable bonds is 8. The molecule has 1 heterocycles. The normalized spacial score (nSPS) is 10.2. The number of carbonyl (C=O) groups excluding carboxylic acids is 3. The van der Waals surface area contributed by atoms with Gasteiger partial charge in [0.15, 0.2) is 13.2 Å². The van der Waals surface area contributed by atoms with Crippen LogP contribution in [0.2, 0.25) is 0 Å². The molecule has 0 fully saturated rings. The third kappa shape index (κ3) is 5.17. The van der Waals surface area contributed by atoms with Gasteiger partial charge in [-0.3, -0.25) is 0 Å². The van der Waals surface area contributed by atoms with Crippen molar-refractivity contribution < 1.29 is 33.3 Å². The van der Waals surface area contributed by atoms with Crippen LogP contribution in [0.4, 0.5) is 0 Å². The standard InChI is InChI=1S/C18H19NO7/c1-3-23-16(20)10-25-15-9-13(12-7-5-6-8-14(12)19-15)18(22)26-11-17(21)24-4-2/h5-9H,3-4,10-11H2,1-2H3. The van der Waals surface area contributed by atoms with Crippen LogP contribution >= 0.6 is 0 Å². The molecule has 8 nitrogen and oxygen atoms in total. The summed E-state index contributed by atoms with van der Waals surface area (Å²) in [4.78, 5) is 39.4. The lowest BCUT2D eigenvalue weighted by Gasteiger charge is -2.10. The summed E-state index contributed by atoms with van der Waals surface area (Å²) in [5, 5.41) is 0.532. The monoisotopic (exact) mass is 361 g/mol. The first-order valence-electron chi connectivity index (χ1n) is 8.06. The molecule has 0 radical (unpaired) electrons. The summed E-state index contributed by atoms with van der Waals surface area (Å²) in [5.74, 6) is -1.84. The number of hydrogen-bond donors (Lipinski definition) is 0. The molecule has 138 valence electrons. The number of benzene rings is 1. The highest BCUT2D eigenvalue weighted by atomic mass is 16.6. The van der Waals surface area contributed by atoms with Crippen LogP contribution in [0, 0.1) is 0 Å². The van der Waals surface area contributed by atoms with Crippen LogP contribution in [0.3, 0.4) is 0 Å². The van der Waals surface area contributed by atoms with Crippen molar-refractivity contribution in [2.75, 3.05) is 26.4 Å². The molecule has 26 heavy (non-hydrogen) atoms. The molecule has 0 atom stereocenters. The van der Waals surface area contributed by atoms with Crippen molar-refractivity contribution in [2.45, 2.75) is 13.8 Å². The summed E-state index contributed by atoms with van der Waals surface area (Å²) < 4.78 is 19.8. The lowest BCUT2D eigenvalue weighted by atomic mass is 10.1. The number of aromatic nitrogens is 1. The second-order valence-electron chi connectivity index (χ2n) is 5.00. The molecule has 2 aromatic rings. The summed E-state index contributed by atoms with van der Waals surface area (Å²) in [6.45, 7) is 2.94. The lowest BCUT2D eigenvalue weighted by molar-refractivity contribution is -0.147. The predicted molar refractivity (Wildman–Crippen MR) is 90.8 cm³/mol. The molecule has 0 bridgehead atoms. The highest BCUT2D eigenvalue weighted by molar-refractivity contribution is 6.04. The van der Waals surface area contributed by atoms with Crippen LogP contribution in [-0.2, 0) is 23.8 Å². The van der Waals surface area contributed by atoms with Gasteiger partial charge in [-0.15, -0.1) is 0 Å². The minimum Gasteiger partial charge on any atom is -0.466 e. The Bertz CT molecular complexity index is 803. The number of hydrogen-bond acceptors (Lipinski definition) is 8. The summed E-state index contributed by atoms with van der Waals surface area (Å²) in [6, 6.07) is 8.23. The molecule has 0 saturated heterocycles. The maximum absolute atomic E-state index is 12.4. The second kappa shape index (κ2) is 9.36. The molecule has 0 unspecified atom stereocenters. The van der Waals surface area contributed by atoms with Crippen molar-refractivity contribution in [3.05, 3.63) is 35.9 Å². The zero-order valence-corrected chi connectivity index (χ0v) is 14.5. The van der Waals surface area contributed by atoms with Gasteiger partial charge in [-0.05, 0) is 19.9 Å². The van der Waals surface area contributed by atoms with Gasteiger partial charge in [0, 0.05) is 11.5 Å². The molecule has 0 aliphatic carbocycles. The number of carbonyl (C=O) groups is 3. The van der Waals surface area contributed by atoms with Crippen molar-refractivity contribution in [3.63, 3.8) is 0 Å².